The van der Waals surface area contributed by atoms with Crippen molar-refractivity contribution in [1.29, 1.82) is 0 Å². The summed E-state index contributed by atoms with van der Waals surface area (Å²) in [6, 6.07) is 5.12. The zero-order valence-electron chi connectivity index (χ0n) is 12.1. The molecular formula is C14H19FN4OS. The van der Waals surface area contributed by atoms with Crippen LogP contribution in [0.5, 0.6) is 0 Å². The third kappa shape index (κ3) is 3.95. The number of H-pyrrole nitrogens is 1. The highest BCUT2D eigenvalue weighted by Gasteiger charge is 2.12. The minimum Gasteiger partial charge on any atom is -0.313 e. The quantitative estimate of drug-likeness (QED) is 0.824. The average molecular weight is 310 g/mol. The van der Waals surface area contributed by atoms with Crippen LogP contribution in [0.2, 0.25) is 0 Å². The molecule has 0 saturated carbocycles. The van der Waals surface area contributed by atoms with Crippen LogP contribution in [0.3, 0.4) is 0 Å². The topological polar surface area (TPSA) is 62.7 Å². The molecular weight excluding hydrogens is 291 g/mol. The summed E-state index contributed by atoms with van der Waals surface area (Å²) in [5, 5.41) is 10.00. The van der Waals surface area contributed by atoms with Gasteiger partial charge in [-0.25, -0.2) is 14.3 Å². The first kappa shape index (κ1) is 15.8. The van der Waals surface area contributed by atoms with Crippen LogP contribution < -0.4 is 11.0 Å². The molecule has 0 fully saturated rings. The Bertz CT molecular complexity index is 653. The smallest absolute Gasteiger partial charge is 0.313 e. The van der Waals surface area contributed by atoms with E-state index in [1.807, 2.05) is 19.9 Å². The molecule has 0 aliphatic rings. The molecule has 2 aromatic rings. The van der Waals surface area contributed by atoms with Crippen molar-refractivity contribution in [3.05, 3.63) is 40.1 Å². The van der Waals surface area contributed by atoms with Crippen molar-refractivity contribution < 1.29 is 4.39 Å². The highest BCUT2D eigenvalue weighted by molar-refractivity contribution is 7.99. The van der Waals surface area contributed by atoms with Gasteiger partial charge in [-0.2, -0.15) is 0 Å². The second-order valence-electron chi connectivity index (χ2n) is 4.61. The van der Waals surface area contributed by atoms with E-state index in [1.54, 1.807) is 6.07 Å². The van der Waals surface area contributed by atoms with Crippen molar-refractivity contribution in [3.8, 4) is 0 Å². The number of nitrogens with one attached hydrogen (secondary N) is 2. The van der Waals surface area contributed by atoms with Gasteiger partial charge in [-0.15, -0.1) is 5.10 Å². The molecule has 1 aromatic heterocycles. The highest BCUT2D eigenvalue weighted by Crippen LogP contribution is 2.28. The number of hydrogen-bond donors (Lipinski definition) is 2. The lowest BCUT2D eigenvalue weighted by Gasteiger charge is -2.07. The van der Waals surface area contributed by atoms with Gasteiger partial charge in [0.25, 0.3) is 0 Å². The van der Waals surface area contributed by atoms with Gasteiger partial charge in [0.15, 0.2) is 5.16 Å². The van der Waals surface area contributed by atoms with Gasteiger partial charge < -0.3 is 5.32 Å². The molecule has 5 nitrogen and oxygen atoms in total. The minimum absolute atomic E-state index is 0.261. The van der Waals surface area contributed by atoms with Crippen LogP contribution in [0.1, 0.15) is 25.8 Å². The first-order chi connectivity index (χ1) is 10.2. The second kappa shape index (κ2) is 7.42. The molecule has 0 aliphatic carbocycles. The number of benzene rings is 1. The van der Waals surface area contributed by atoms with Gasteiger partial charge in [-0.05, 0) is 42.4 Å². The second-order valence-corrected chi connectivity index (χ2v) is 5.62. The van der Waals surface area contributed by atoms with Crippen LogP contribution in [0, 0.1) is 5.82 Å². The van der Waals surface area contributed by atoms with Crippen LogP contribution in [0.25, 0.3) is 0 Å². The molecule has 0 unspecified atom stereocenters. The number of halogens is 1. The van der Waals surface area contributed by atoms with Gasteiger partial charge in [0.05, 0.1) is 4.90 Å². The van der Waals surface area contributed by atoms with Gasteiger partial charge in [0.1, 0.15) is 5.82 Å². The summed E-state index contributed by atoms with van der Waals surface area (Å²) >= 11 is 1.16. The monoisotopic (exact) mass is 310 g/mol. The molecule has 0 saturated heterocycles. The maximum Gasteiger partial charge on any atom is 0.343 e. The van der Waals surface area contributed by atoms with Crippen LogP contribution in [0.4, 0.5) is 4.39 Å². The van der Waals surface area contributed by atoms with Gasteiger partial charge in [-0.3, -0.25) is 4.57 Å². The molecule has 0 bridgehead atoms. The van der Waals surface area contributed by atoms with E-state index >= 15 is 0 Å². The first-order valence-electron chi connectivity index (χ1n) is 6.97. The lowest BCUT2D eigenvalue weighted by atomic mass is 10.2. The van der Waals surface area contributed by atoms with Crippen LogP contribution in [-0.4, -0.2) is 21.3 Å². The molecule has 2 N–H and O–H groups in total. The van der Waals surface area contributed by atoms with Crippen LogP contribution in [0.15, 0.2) is 33.0 Å². The summed E-state index contributed by atoms with van der Waals surface area (Å²) in [6.07, 6.45) is 0.817. The van der Waals surface area contributed by atoms with Crippen molar-refractivity contribution in [3.63, 3.8) is 0 Å². The predicted molar refractivity (Wildman–Crippen MR) is 81.0 cm³/mol. The number of nitrogens with zero attached hydrogens (tertiary/aromatic N) is 2. The fraction of sp³-hybridized carbons (Fsp3) is 0.429. The fourth-order valence-corrected chi connectivity index (χ4v) is 2.77. The van der Waals surface area contributed by atoms with Crippen LogP contribution in [-0.2, 0) is 13.1 Å². The Labute approximate surface area is 127 Å². The third-order valence-electron chi connectivity index (χ3n) is 2.95. The molecule has 114 valence electrons. The molecule has 0 atom stereocenters. The maximum absolute atomic E-state index is 14.1. The standard InChI is InChI=1S/C14H19FN4OS/c1-3-7-19-13(20)17-18-14(19)21-12-6-5-10(8-11(12)15)9-16-4-2/h5-6,8,16H,3-4,7,9H2,1-2H3,(H,17,20). The summed E-state index contributed by atoms with van der Waals surface area (Å²) in [5.74, 6) is -0.297. The van der Waals surface area contributed by atoms with E-state index in [0.717, 1.165) is 30.3 Å². The number of aromatic amines is 1. The van der Waals surface area contributed by atoms with Crippen molar-refractivity contribution in [2.45, 2.75) is 43.4 Å². The number of rotatable bonds is 7. The molecule has 0 amide bonds. The molecule has 1 aromatic carbocycles. The van der Waals surface area contributed by atoms with Gasteiger partial charge in [0.2, 0.25) is 0 Å². The Hall–Kier alpha value is -1.60. The number of hydrogen-bond acceptors (Lipinski definition) is 4. The highest BCUT2D eigenvalue weighted by atomic mass is 32.2. The largest absolute Gasteiger partial charge is 0.343 e. The van der Waals surface area contributed by atoms with E-state index in [0.29, 0.717) is 23.1 Å². The zero-order valence-corrected chi connectivity index (χ0v) is 13.0. The molecule has 7 heteroatoms. The van der Waals surface area contributed by atoms with E-state index in [4.69, 9.17) is 0 Å². The molecule has 0 radical (unpaired) electrons. The molecule has 1 heterocycles. The van der Waals surface area contributed by atoms with E-state index in [1.165, 1.54) is 10.6 Å². The van der Waals surface area contributed by atoms with E-state index in [2.05, 4.69) is 15.5 Å². The molecule has 0 aliphatic heterocycles. The Kier molecular flexibility index (Phi) is 5.58. The first-order valence-corrected chi connectivity index (χ1v) is 7.79. The SMILES string of the molecule is CCCn1c(Sc2ccc(CNCC)cc2F)n[nH]c1=O. The Balaban J connectivity index is 2.18. The molecule has 2 rings (SSSR count). The summed E-state index contributed by atoms with van der Waals surface area (Å²) in [4.78, 5) is 12.1. The van der Waals surface area contributed by atoms with E-state index < -0.39 is 0 Å². The van der Waals surface area contributed by atoms with Crippen LogP contribution >= 0.6 is 11.8 Å². The van der Waals surface area contributed by atoms with Crippen molar-refractivity contribution in [2.75, 3.05) is 6.54 Å². The summed E-state index contributed by atoms with van der Waals surface area (Å²) in [5.41, 5.74) is 0.634. The summed E-state index contributed by atoms with van der Waals surface area (Å²) in [7, 11) is 0. The lowest BCUT2D eigenvalue weighted by molar-refractivity contribution is 0.590. The van der Waals surface area contributed by atoms with Crippen molar-refractivity contribution in [1.82, 2.24) is 20.1 Å². The van der Waals surface area contributed by atoms with Crippen molar-refractivity contribution in [2.24, 2.45) is 0 Å². The summed E-state index contributed by atoms with van der Waals surface area (Å²) in [6.45, 7) is 6.03. The molecule has 21 heavy (non-hydrogen) atoms. The Morgan fingerprint density at radius 3 is 2.90 bits per heavy atom. The normalized spacial score (nSPS) is 11.0. The maximum atomic E-state index is 14.1. The third-order valence-corrected chi connectivity index (χ3v) is 3.99. The minimum atomic E-state index is -0.297. The van der Waals surface area contributed by atoms with Crippen molar-refractivity contribution >= 4 is 11.8 Å². The molecule has 0 spiro atoms. The van der Waals surface area contributed by atoms with Gasteiger partial charge >= 0.3 is 5.69 Å². The summed E-state index contributed by atoms with van der Waals surface area (Å²) < 4.78 is 15.6. The van der Waals surface area contributed by atoms with Gasteiger partial charge in [0, 0.05) is 13.1 Å². The Morgan fingerprint density at radius 2 is 2.24 bits per heavy atom. The number of aromatic nitrogens is 3. The zero-order chi connectivity index (χ0) is 15.2. The van der Waals surface area contributed by atoms with E-state index in [9.17, 15) is 9.18 Å². The predicted octanol–water partition coefficient (Wildman–Crippen LogP) is 2.38. The fourth-order valence-electron chi connectivity index (χ4n) is 1.91. The Morgan fingerprint density at radius 1 is 1.43 bits per heavy atom. The van der Waals surface area contributed by atoms with Gasteiger partial charge in [-0.1, -0.05) is 19.9 Å². The van der Waals surface area contributed by atoms with E-state index in [-0.39, 0.29) is 11.5 Å². The average Bonchev–Trinajstić information content (AvgIpc) is 2.81. The lowest BCUT2D eigenvalue weighted by Crippen LogP contribution is -2.17.